The first-order valence-electron chi connectivity index (χ1n) is 6.35. The fourth-order valence-electron chi connectivity index (χ4n) is 2.16. The first-order valence-corrected chi connectivity index (χ1v) is 7.33. The standard InChI is InChI=1S/C14H13N3O2S/c18-12-10-4-1-2-5-11(10)13(19)17(12)8-3-9-20-14-15-6-7-16-14/h1-2,4-7H,3,8-9H2,(H,15,16). The molecule has 2 aromatic rings. The number of imide groups is 1. The van der Waals surface area contributed by atoms with Crippen molar-refractivity contribution in [3.05, 3.63) is 47.8 Å². The third-order valence-electron chi connectivity index (χ3n) is 3.12. The van der Waals surface area contributed by atoms with Gasteiger partial charge in [0.05, 0.1) is 11.1 Å². The quantitative estimate of drug-likeness (QED) is 0.520. The zero-order valence-electron chi connectivity index (χ0n) is 10.7. The van der Waals surface area contributed by atoms with Crippen LogP contribution in [0.3, 0.4) is 0 Å². The lowest BCUT2D eigenvalue weighted by atomic mass is 10.1. The van der Waals surface area contributed by atoms with Crippen LogP contribution in [0.25, 0.3) is 0 Å². The van der Waals surface area contributed by atoms with E-state index in [2.05, 4.69) is 9.97 Å². The number of H-pyrrole nitrogens is 1. The minimum atomic E-state index is -0.186. The Balaban J connectivity index is 1.57. The molecule has 0 unspecified atom stereocenters. The molecule has 0 aliphatic carbocycles. The van der Waals surface area contributed by atoms with Gasteiger partial charge in [0, 0.05) is 24.7 Å². The number of nitrogens with zero attached hydrogens (tertiary/aromatic N) is 2. The Hall–Kier alpha value is -2.08. The molecule has 0 bridgehead atoms. The number of benzene rings is 1. The number of aromatic nitrogens is 2. The van der Waals surface area contributed by atoms with Crippen LogP contribution in [0.1, 0.15) is 27.1 Å². The number of carbonyl (C=O) groups is 2. The van der Waals surface area contributed by atoms with Crippen molar-refractivity contribution in [3.63, 3.8) is 0 Å². The molecule has 0 saturated carbocycles. The van der Waals surface area contributed by atoms with Crippen LogP contribution >= 0.6 is 11.8 Å². The molecule has 0 saturated heterocycles. The monoisotopic (exact) mass is 287 g/mol. The van der Waals surface area contributed by atoms with E-state index < -0.39 is 0 Å². The van der Waals surface area contributed by atoms with Gasteiger partial charge in [-0.2, -0.15) is 0 Å². The smallest absolute Gasteiger partial charge is 0.261 e. The van der Waals surface area contributed by atoms with Crippen molar-refractivity contribution in [1.29, 1.82) is 0 Å². The Morgan fingerprint density at radius 2 is 1.85 bits per heavy atom. The first-order chi connectivity index (χ1) is 9.77. The highest BCUT2D eigenvalue weighted by atomic mass is 32.2. The highest BCUT2D eigenvalue weighted by molar-refractivity contribution is 7.99. The Bertz CT molecular complexity index is 605. The topological polar surface area (TPSA) is 66.1 Å². The highest BCUT2D eigenvalue weighted by Gasteiger charge is 2.34. The SMILES string of the molecule is O=C1c2ccccc2C(=O)N1CCCSc1ncc[nH]1. The molecule has 6 heteroatoms. The minimum Gasteiger partial charge on any atom is -0.340 e. The normalized spacial score (nSPS) is 13.9. The van der Waals surface area contributed by atoms with Gasteiger partial charge in [-0.1, -0.05) is 23.9 Å². The molecule has 0 atom stereocenters. The molecule has 0 spiro atoms. The second kappa shape index (κ2) is 5.50. The minimum absolute atomic E-state index is 0.186. The van der Waals surface area contributed by atoms with Gasteiger partial charge in [0.1, 0.15) is 0 Å². The van der Waals surface area contributed by atoms with Crippen LogP contribution < -0.4 is 0 Å². The predicted octanol–water partition coefficient (Wildman–Crippen LogP) is 2.19. The molecule has 2 amide bonds. The zero-order chi connectivity index (χ0) is 13.9. The van der Waals surface area contributed by atoms with Gasteiger partial charge in [0.2, 0.25) is 0 Å². The lowest BCUT2D eigenvalue weighted by Crippen LogP contribution is -2.30. The maximum absolute atomic E-state index is 12.1. The summed E-state index contributed by atoms with van der Waals surface area (Å²) < 4.78 is 0. The van der Waals surface area contributed by atoms with Crippen LogP contribution in [0.2, 0.25) is 0 Å². The molecule has 1 aliphatic heterocycles. The van der Waals surface area contributed by atoms with Gasteiger partial charge in [-0.3, -0.25) is 14.5 Å². The summed E-state index contributed by atoms with van der Waals surface area (Å²) in [5.41, 5.74) is 1.02. The van der Waals surface area contributed by atoms with Gasteiger partial charge in [-0.05, 0) is 18.6 Å². The Kier molecular flexibility index (Phi) is 3.56. The molecule has 2 heterocycles. The third kappa shape index (κ3) is 2.34. The number of rotatable bonds is 5. The molecule has 102 valence electrons. The van der Waals surface area contributed by atoms with Crippen molar-refractivity contribution >= 4 is 23.6 Å². The predicted molar refractivity (Wildman–Crippen MR) is 75.7 cm³/mol. The summed E-state index contributed by atoms with van der Waals surface area (Å²) in [7, 11) is 0. The number of thioether (sulfide) groups is 1. The molecule has 1 aromatic heterocycles. The number of hydrogen-bond acceptors (Lipinski definition) is 4. The third-order valence-corrected chi connectivity index (χ3v) is 4.11. The molecule has 1 N–H and O–H groups in total. The van der Waals surface area contributed by atoms with Crippen LogP contribution in [0, 0.1) is 0 Å². The molecule has 20 heavy (non-hydrogen) atoms. The van der Waals surface area contributed by atoms with Crippen molar-refractivity contribution < 1.29 is 9.59 Å². The van der Waals surface area contributed by atoms with Crippen molar-refractivity contribution in [2.45, 2.75) is 11.6 Å². The Morgan fingerprint density at radius 1 is 1.15 bits per heavy atom. The van der Waals surface area contributed by atoms with Gasteiger partial charge < -0.3 is 4.98 Å². The van der Waals surface area contributed by atoms with Gasteiger partial charge in [0.25, 0.3) is 11.8 Å². The number of amides is 2. The van der Waals surface area contributed by atoms with Gasteiger partial charge in [0.15, 0.2) is 5.16 Å². The number of carbonyl (C=O) groups excluding carboxylic acids is 2. The maximum Gasteiger partial charge on any atom is 0.261 e. The van der Waals surface area contributed by atoms with Crippen molar-refractivity contribution in [2.24, 2.45) is 0 Å². The summed E-state index contributed by atoms with van der Waals surface area (Å²) in [4.78, 5) is 32.7. The molecular weight excluding hydrogens is 274 g/mol. The van der Waals surface area contributed by atoms with E-state index in [4.69, 9.17) is 0 Å². The van der Waals surface area contributed by atoms with Gasteiger partial charge in [-0.25, -0.2) is 4.98 Å². The summed E-state index contributed by atoms with van der Waals surface area (Å²) in [5, 5.41) is 0.854. The molecule has 1 aromatic carbocycles. The molecule has 5 nitrogen and oxygen atoms in total. The number of nitrogens with one attached hydrogen (secondary N) is 1. The van der Waals surface area contributed by atoms with E-state index >= 15 is 0 Å². The van der Waals surface area contributed by atoms with E-state index in [1.54, 1.807) is 48.4 Å². The van der Waals surface area contributed by atoms with Crippen molar-refractivity contribution in [3.8, 4) is 0 Å². The van der Waals surface area contributed by atoms with Gasteiger partial charge in [-0.15, -0.1) is 0 Å². The van der Waals surface area contributed by atoms with Crippen LogP contribution in [-0.4, -0.2) is 39.0 Å². The summed E-state index contributed by atoms with van der Waals surface area (Å²) >= 11 is 1.58. The van der Waals surface area contributed by atoms with E-state index in [1.807, 2.05) is 0 Å². The summed E-state index contributed by atoms with van der Waals surface area (Å²) in [6, 6.07) is 6.96. The van der Waals surface area contributed by atoms with Gasteiger partial charge >= 0.3 is 0 Å². The number of aromatic amines is 1. The highest BCUT2D eigenvalue weighted by Crippen LogP contribution is 2.23. The molecule has 0 radical (unpaired) electrons. The van der Waals surface area contributed by atoms with Crippen molar-refractivity contribution in [1.82, 2.24) is 14.9 Å². The number of imidazole rings is 1. The summed E-state index contributed by atoms with van der Waals surface area (Å²) in [5.74, 6) is 0.434. The Morgan fingerprint density at radius 3 is 2.45 bits per heavy atom. The lowest BCUT2D eigenvalue weighted by Gasteiger charge is -2.12. The summed E-state index contributed by atoms with van der Waals surface area (Å²) in [6.07, 6.45) is 4.22. The van der Waals surface area contributed by atoms with E-state index in [-0.39, 0.29) is 11.8 Å². The van der Waals surface area contributed by atoms with E-state index in [0.717, 1.165) is 17.3 Å². The Labute approximate surface area is 120 Å². The molecule has 3 rings (SSSR count). The van der Waals surface area contributed by atoms with Crippen LogP contribution in [0.15, 0.2) is 41.8 Å². The first kappa shape index (κ1) is 12.9. The van der Waals surface area contributed by atoms with E-state index in [9.17, 15) is 9.59 Å². The van der Waals surface area contributed by atoms with Crippen LogP contribution in [0.4, 0.5) is 0 Å². The largest absolute Gasteiger partial charge is 0.340 e. The van der Waals surface area contributed by atoms with Crippen molar-refractivity contribution in [2.75, 3.05) is 12.3 Å². The van der Waals surface area contributed by atoms with E-state index in [0.29, 0.717) is 17.7 Å². The lowest BCUT2D eigenvalue weighted by molar-refractivity contribution is 0.0655. The zero-order valence-corrected chi connectivity index (χ0v) is 11.5. The molecular formula is C14H13N3O2S. The van der Waals surface area contributed by atoms with E-state index in [1.165, 1.54) is 4.90 Å². The summed E-state index contributed by atoms with van der Waals surface area (Å²) in [6.45, 7) is 0.444. The average molecular weight is 287 g/mol. The second-order valence-electron chi connectivity index (χ2n) is 4.40. The van der Waals surface area contributed by atoms with Crippen LogP contribution in [0.5, 0.6) is 0 Å². The molecule has 1 aliphatic rings. The van der Waals surface area contributed by atoms with Crippen LogP contribution in [-0.2, 0) is 0 Å². The molecule has 0 fully saturated rings. The average Bonchev–Trinajstić information content (AvgIpc) is 3.06. The number of hydrogen-bond donors (Lipinski definition) is 1. The fraction of sp³-hybridized carbons (Fsp3) is 0.214. The second-order valence-corrected chi connectivity index (χ2v) is 5.49. The number of fused-ring (bicyclic) bond motifs is 1. The maximum atomic E-state index is 12.1. The fourth-order valence-corrected chi connectivity index (χ4v) is 2.92.